The molecule has 0 bridgehead atoms. The Hall–Kier alpha value is -1.07. The Morgan fingerprint density at radius 1 is 1.40 bits per heavy atom. The number of benzene rings is 1. The van der Waals surface area contributed by atoms with Crippen molar-refractivity contribution in [3.05, 3.63) is 27.5 Å². The zero-order valence-corrected chi connectivity index (χ0v) is 13.8. The molecule has 1 aromatic carbocycles. The van der Waals surface area contributed by atoms with Crippen molar-refractivity contribution in [3.63, 3.8) is 0 Å². The molecule has 5 heteroatoms. The third-order valence-corrected chi connectivity index (χ3v) is 5.73. The van der Waals surface area contributed by atoms with Crippen LogP contribution in [0.15, 0.2) is 22.7 Å². The quantitative estimate of drug-likeness (QED) is 0.877. The Bertz CT molecular complexity index is 661. The minimum Gasteiger partial charge on any atom is -0.397 e. The minimum absolute atomic E-state index is 0.0618. The fourth-order valence-corrected chi connectivity index (χ4v) is 4.52. The van der Waals surface area contributed by atoms with Gasteiger partial charge in [0.1, 0.15) is 4.88 Å². The molecular formula is C15H17BrN2OS. The first kappa shape index (κ1) is 13.9. The summed E-state index contributed by atoms with van der Waals surface area (Å²) in [7, 11) is 1.90. The smallest absolute Gasteiger partial charge is 0.266 e. The molecule has 20 heavy (non-hydrogen) atoms. The molecule has 0 aliphatic heterocycles. The van der Waals surface area contributed by atoms with Crippen molar-refractivity contribution >= 4 is 48.9 Å². The van der Waals surface area contributed by atoms with E-state index in [-0.39, 0.29) is 5.91 Å². The lowest BCUT2D eigenvalue weighted by Gasteiger charge is -2.23. The summed E-state index contributed by atoms with van der Waals surface area (Å²) in [4.78, 5) is 15.2. The van der Waals surface area contributed by atoms with Crippen LogP contribution in [0.3, 0.4) is 0 Å². The summed E-state index contributed by atoms with van der Waals surface area (Å²) in [5.74, 6) is 0.0618. The number of carbonyl (C=O) groups excluding carboxylic acids is 1. The van der Waals surface area contributed by atoms with Crippen LogP contribution < -0.4 is 5.73 Å². The second-order valence-electron chi connectivity index (χ2n) is 5.34. The lowest BCUT2D eigenvalue weighted by Crippen LogP contribution is -2.35. The summed E-state index contributed by atoms with van der Waals surface area (Å²) in [6.45, 7) is 0. The van der Waals surface area contributed by atoms with Crippen molar-refractivity contribution in [3.8, 4) is 0 Å². The number of rotatable bonds is 2. The zero-order chi connectivity index (χ0) is 14.3. The Morgan fingerprint density at radius 2 is 2.10 bits per heavy atom. The van der Waals surface area contributed by atoms with Crippen LogP contribution in [0.2, 0.25) is 0 Å². The molecule has 1 heterocycles. The minimum atomic E-state index is 0.0618. The van der Waals surface area contributed by atoms with Crippen LogP contribution in [0, 0.1) is 0 Å². The normalized spacial score (nSPS) is 15.9. The highest BCUT2D eigenvalue weighted by Crippen LogP contribution is 2.36. The number of carbonyl (C=O) groups is 1. The summed E-state index contributed by atoms with van der Waals surface area (Å²) >= 11 is 4.94. The Labute approximate surface area is 130 Å². The summed E-state index contributed by atoms with van der Waals surface area (Å²) in [6.07, 6.45) is 4.66. The highest BCUT2D eigenvalue weighted by molar-refractivity contribution is 9.10. The molecule has 3 nitrogen and oxygen atoms in total. The van der Waals surface area contributed by atoms with E-state index in [0.29, 0.717) is 16.6 Å². The molecule has 0 spiro atoms. The van der Waals surface area contributed by atoms with E-state index in [1.54, 1.807) is 0 Å². The standard InChI is InChI=1S/C15H17BrN2OS/c1-18(10-4-2-3-5-10)15(19)14-13(17)11-7-6-9(16)8-12(11)20-14/h6-8,10H,2-5,17H2,1H3. The summed E-state index contributed by atoms with van der Waals surface area (Å²) in [5, 5.41) is 0.973. The van der Waals surface area contributed by atoms with Crippen LogP contribution in [-0.2, 0) is 0 Å². The number of halogens is 1. The number of nitrogen functional groups attached to an aromatic ring is 1. The van der Waals surface area contributed by atoms with Crippen LogP contribution >= 0.6 is 27.3 Å². The van der Waals surface area contributed by atoms with Crippen LogP contribution in [-0.4, -0.2) is 23.9 Å². The van der Waals surface area contributed by atoms with E-state index in [4.69, 9.17) is 5.73 Å². The highest BCUT2D eigenvalue weighted by Gasteiger charge is 2.27. The molecule has 106 valence electrons. The number of hydrogen-bond acceptors (Lipinski definition) is 3. The van der Waals surface area contributed by atoms with Crippen molar-refractivity contribution in [1.29, 1.82) is 0 Å². The van der Waals surface area contributed by atoms with Gasteiger partial charge in [-0.2, -0.15) is 0 Å². The molecule has 0 saturated heterocycles. The highest BCUT2D eigenvalue weighted by atomic mass is 79.9. The Kier molecular flexibility index (Phi) is 3.73. The van der Waals surface area contributed by atoms with Crippen molar-refractivity contribution in [2.24, 2.45) is 0 Å². The van der Waals surface area contributed by atoms with E-state index >= 15 is 0 Å². The molecular weight excluding hydrogens is 336 g/mol. The number of nitrogens with zero attached hydrogens (tertiary/aromatic N) is 1. The summed E-state index contributed by atoms with van der Waals surface area (Å²) in [5.41, 5.74) is 6.79. The average Bonchev–Trinajstić information content (AvgIpc) is 3.05. The van der Waals surface area contributed by atoms with Crippen LogP contribution in [0.5, 0.6) is 0 Å². The molecule has 0 unspecified atom stereocenters. The Morgan fingerprint density at radius 3 is 2.80 bits per heavy atom. The van der Waals surface area contributed by atoms with Gasteiger partial charge in [-0.15, -0.1) is 11.3 Å². The number of thiophene rings is 1. The predicted octanol–water partition coefficient (Wildman–Crippen LogP) is 4.26. The maximum absolute atomic E-state index is 12.7. The van der Waals surface area contributed by atoms with Crippen molar-refractivity contribution in [1.82, 2.24) is 4.90 Å². The molecule has 1 aliphatic rings. The second kappa shape index (κ2) is 5.37. The number of nitrogens with two attached hydrogens (primary N) is 1. The third kappa shape index (κ3) is 2.33. The monoisotopic (exact) mass is 352 g/mol. The second-order valence-corrected chi connectivity index (χ2v) is 7.31. The van der Waals surface area contributed by atoms with Crippen LogP contribution in [0.1, 0.15) is 35.4 Å². The molecule has 1 fully saturated rings. The lowest BCUT2D eigenvalue weighted by atomic mass is 10.2. The molecule has 2 N–H and O–H groups in total. The molecule has 0 atom stereocenters. The first-order valence-corrected chi connectivity index (χ1v) is 8.43. The van der Waals surface area contributed by atoms with E-state index in [0.717, 1.165) is 27.4 Å². The van der Waals surface area contributed by atoms with Gasteiger partial charge in [-0.25, -0.2) is 0 Å². The molecule has 2 aromatic rings. The topological polar surface area (TPSA) is 46.3 Å². The zero-order valence-electron chi connectivity index (χ0n) is 11.4. The maximum atomic E-state index is 12.7. The van der Waals surface area contributed by atoms with Crippen molar-refractivity contribution < 1.29 is 4.79 Å². The van der Waals surface area contributed by atoms with E-state index in [1.165, 1.54) is 24.2 Å². The van der Waals surface area contributed by atoms with Gasteiger partial charge in [0.05, 0.1) is 5.69 Å². The molecule has 1 aliphatic carbocycles. The van der Waals surface area contributed by atoms with E-state index < -0.39 is 0 Å². The third-order valence-electron chi connectivity index (χ3n) is 4.08. The molecule has 1 amide bonds. The summed E-state index contributed by atoms with van der Waals surface area (Å²) < 4.78 is 2.06. The molecule has 3 rings (SSSR count). The molecule has 0 radical (unpaired) electrons. The van der Waals surface area contributed by atoms with Gasteiger partial charge in [0.15, 0.2) is 0 Å². The van der Waals surface area contributed by atoms with Gasteiger partial charge >= 0.3 is 0 Å². The number of hydrogen-bond donors (Lipinski definition) is 1. The van der Waals surface area contributed by atoms with Crippen LogP contribution in [0.25, 0.3) is 10.1 Å². The van der Waals surface area contributed by atoms with Gasteiger partial charge in [0, 0.05) is 27.6 Å². The average molecular weight is 353 g/mol. The first-order chi connectivity index (χ1) is 9.58. The molecule has 1 saturated carbocycles. The van der Waals surface area contributed by atoms with E-state index in [2.05, 4.69) is 15.9 Å². The van der Waals surface area contributed by atoms with Gasteiger partial charge in [-0.05, 0) is 25.0 Å². The fraction of sp³-hybridized carbons (Fsp3) is 0.400. The number of fused-ring (bicyclic) bond motifs is 1. The van der Waals surface area contributed by atoms with Gasteiger partial charge in [-0.1, -0.05) is 34.8 Å². The Balaban J connectivity index is 1.96. The lowest BCUT2D eigenvalue weighted by molar-refractivity contribution is 0.0741. The SMILES string of the molecule is CN(C(=O)c1sc2cc(Br)ccc2c1N)C1CCCC1. The fourth-order valence-electron chi connectivity index (χ4n) is 2.87. The number of anilines is 1. The van der Waals surface area contributed by atoms with Crippen molar-refractivity contribution in [2.45, 2.75) is 31.7 Å². The first-order valence-electron chi connectivity index (χ1n) is 6.82. The summed E-state index contributed by atoms with van der Waals surface area (Å²) in [6, 6.07) is 6.32. The van der Waals surface area contributed by atoms with Gasteiger partial charge in [0.2, 0.25) is 0 Å². The largest absolute Gasteiger partial charge is 0.397 e. The maximum Gasteiger partial charge on any atom is 0.266 e. The predicted molar refractivity (Wildman–Crippen MR) is 88.3 cm³/mol. The van der Waals surface area contributed by atoms with Gasteiger partial charge in [-0.3, -0.25) is 4.79 Å². The number of amides is 1. The van der Waals surface area contributed by atoms with Crippen molar-refractivity contribution in [2.75, 3.05) is 12.8 Å². The van der Waals surface area contributed by atoms with Gasteiger partial charge < -0.3 is 10.6 Å². The van der Waals surface area contributed by atoms with E-state index in [1.807, 2.05) is 30.1 Å². The molecule has 1 aromatic heterocycles. The van der Waals surface area contributed by atoms with Gasteiger partial charge in [0.25, 0.3) is 5.91 Å². The van der Waals surface area contributed by atoms with E-state index in [9.17, 15) is 4.79 Å². The van der Waals surface area contributed by atoms with Crippen LogP contribution in [0.4, 0.5) is 5.69 Å².